The molecule has 30 heavy (non-hydrogen) atoms. The van der Waals surface area contributed by atoms with Crippen molar-refractivity contribution in [3.63, 3.8) is 0 Å². The molecule has 0 aliphatic carbocycles. The Morgan fingerprint density at radius 1 is 1.17 bits per heavy atom. The molecule has 0 atom stereocenters. The van der Waals surface area contributed by atoms with Crippen LogP contribution in [-0.2, 0) is 21.5 Å². The highest BCUT2D eigenvalue weighted by atomic mass is 32.2. The van der Waals surface area contributed by atoms with E-state index in [1.165, 1.54) is 4.31 Å². The van der Waals surface area contributed by atoms with Crippen molar-refractivity contribution < 1.29 is 22.3 Å². The van der Waals surface area contributed by atoms with Crippen molar-refractivity contribution in [3.05, 3.63) is 64.2 Å². The molecule has 0 fully saturated rings. The van der Waals surface area contributed by atoms with Gasteiger partial charge in [-0.05, 0) is 30.3 Å². The molecule has 3 aromatic rings. The number of hydrogen-bond acceptors (Lipinski definition) is 7. The smallest absolute Gasteiger partial charge is 0.342 e. The first-order valence-electron chi connectivity index (χ1n) is 9.09. The Morgan fingerprint density at radius 3 is 2.57 bits per heavy atom. The van der Waals surface area contributed by atoms with Crippen molar-refractivity contribution in [3.8, 4) is 0 Å². The Kier molecular flexibility index (Phi) is 6.22. The van der Waals surface area contributed by atoms with Crippen LogP contribution in [-0.4, -0.2) is 46.8 Å². The zero-order valence-electron chi connectivity index (χ0n) is 16.3. The minimum atomic E-state index is -3.89. The average Bonchev–Trinajstić information content (AvgIpc) is 2.74. The summed E-state index contributed by atoms with van der Waals surface area (Å²) in [5.74, 6) is -2.08. The maximum Gasteiger partial charge on any atom is 0.342 e. The topological polar surface area (TPSA) is 111 Å². The average molecular weight is 434 g/mol. The third kappa shape index (κ3) is 4.07. The van der Waals surface area contributed by atoms with Gasteiger partial charge < -0.3 is 4.74 Å². The van der Waals surface area contributed by atoms with Gasteiger partial charge in [0.1, 0.15) is 11.3 Å². The Balaban J connectivity index is 1.86. The zero-order valence-corrected chi connectivity index (χ0v) is 17.1. The zero-order chi connectivity index (χ0) is 21.9. The summed E-state index contributed by atoms with van der Waals surface area (Å²) in [5, 5.41) is 7.81. The largest absolute Gasteiger partial charge is 0.438 e. The van der Waals surface area contributed by atoms with Gasteiger partial charge >= 0.3 is 5.97 Å². The summed E-state index contributed by atoms with van der Waals surface area (Å²) in [6.07, 6.45) is 0. The van der Waals surface area contributed by atoms with Crippen molar-refractivity contribution in [1.29, 1.82) is 0 Å². The number of hydrogen-bond donors (Lipinski definition) is 0. The fourth-order valence-corrected chi connectivity index (χ4v) is 4.32. The molecule has 3 rings (SSSR count). The molecule has 1 heterocycles. The second-order valence-electron chi connectivity index (χ2n) is 6.20. The van der Waals surface area contributed by atoms with E-state index in [-0.39, 0.29) is 23.4 Å². The Bertz CT molecular complexity index is 1260. The summed E-state index contributed by atoms with van der Waals surface area (Å²) < 4.78 is 46.4. The van der Waals surface area contributed by atoms with E-state index in [0.29, 0.717) is 5.52 Å². The normalized spacial score (nSPS) is 11.7. The Morgan fingerprint density at radius 2 is 1.87 bits per heavy atom. The predicted molar refractivity (Wildman–Crippen MR) is 106 cm³/mol. The second-order valence-corrected chi connectivity index (χ2v) is 8.14. The van der Waals surface area contributed by atoms with Crippen molar-refractivity contribution in [2.75, 3.05) is 13.1 Å². The van der Waals surface area contributed by atoms with Crippen LogP contribution in [0.25, 0.3) is 10.9 Å². The van der Waals surface area contributed by atoms with E-state index in [1.54, 1.807) is 38.1 Å². The van der Waals surface area contributed by atoms with Crippen LogP contribution in [0, 0.1) is 5.82 Å². The fraction of sp³-hybridized carbons (Fsp3) is 0.263. The van der Waals surface area contributed by atoms with E-state index in [9.17, 15) is 22.4 Å². The third-order valence-corrected chi connectivity index (χ3v) is 6.49. The maximum atomic E-state index is 14.2. The summed E-state index contributed by atoms with van der Waals surface area (Å²) >= 11 is 0. The van der Waals surface area contributed by atoms with E-state index in [4.69, 9.17) is 4.74 Å². The number of carbonyl (C=O) groups is 1. The first-order valence-corrected chi connectivity index (χ1v) is 10.5. The molecular weight excluding hydrogens is 415 g/mol. The summed E-state index contributed by atoms with van der Waals surface area (Å²) in [5.41, 5.74) is -0.720. The highest BCUT2D eigenvalue weighted by Crippen LogP contribution is 2.20. The molecule has 158 valence electrons. The van der Waals surface area contributed by atoms with Crippen LogP contribution in [0.4, 0.5) is 4.39 Å². The van der Waals surface area contributed by atoms with Crippen LogP contribution < -0.4 is 5.56 Å². The van der Waals surface area contributed by atoms with E-state index in [0.717, 1.165) is 22.9 Å². The van der Waals surface area contributed by atoms with Gasteiger partial charge in [0, 0.05) is 13.1 Å². The minimum absolute atomic E-state index is 0.222. The molecule has 0 spiro atoms. The third-order valence-electron chi connectivity index (χ3n) is 4.45. The summed E-state index contributed by atoms with van der Waals surface area (Å²) in [4.78, 5) is 24.5. The summed E-state index contributed by atoms with van der Waals surface area (Å²) in [7, 11) is -3.89. The standard InChI is InChI=1S/C19H19FN4O5S/c1-3-23(4-2)30(27,28)13-9-10-16(20)15(11-13)19(26)29-12-24-18(25)14-7-5-6-8-17(14)21-22-24/h5-11H,3-4,12H2,1-2H3. The molecule has 0 amide bonds. The molecule has 0 radical (unpaired) electrons. The fourth-order valence-electron chi connectivity index (χ4n) is 2.84. The minimum Gasteiger partial charge on any atom is -0.438 e. The molecule has 1 aromatic heterocycles. The number of ether oxygens (including phenoxy) is 1. The molecule has 0 saturated carbocycles. The van der Waals surface area contributed by atoms with Crippen LogP contribution in [0.15, 0.2) is 52.2 Å². The molecule has 0 saturated heterocycles. The van der Waals surface area contributed by atoms with E-state index < -0.39 is 39.7 Å². The lowest BCUT2D eigenvalue weighted by Crippen LogP contribution is -2.31. The monoisotopic (exact) mass is 434 g/mol. The van der Waals surface area contributed by atoms with Crippen molar-refractivity contribution in [2.24, 2.45) is 0 Å². The van der Waals surface area contributed by atoms with Gasteiger partial charge in [0.2, 0.25) is 10.0 Å². The molecule has 0 N–H and O–H groups in total. The van der Waals surface area contributed by atoms with Crippen LogP contribution in [0.3, 0.4) is 0 Å². The number of aromatic nitrogens is 3. The number of rotatable bonds is 7. The number of halogens is 1. The number of esters is 1. The van der Waals surface area contributed by atoms with Gasteiger partial charge in [0.15, 0.2) is 6.73 Å². The summed E-state index contributed by atoms with van der Waals surface area (Å²) in [6, 6.07) is 9.39. The number of sulfonamides is 1. The van der Waals surface area contributed by atoms with Gasteiger partial charge in [-0.1, -0.05) is 31.2 Å². The lowest BCUT2D eigenvalue weighted by Gasteiger charge is -2.18. The molecular formula is C19H19FN4O5S. The molecule has 0 bridgehead atoms. The Hall–Kier alpha value is -3.18. The molecule has 0 aliphatic heterocycles. The van der Waals surface area contributed by atoms with Crippen molar-refractivity contribution in [2.45, 2.75) is 25.5 Å². The van der Waals surface area contributed by atoms with Crippen molar-refractivity contribution in [1.82, 2.24) is 19.3 Å². The predicted octanol–water partition coefficient (Wildman–Crippen LogP) is 1.78. The van der Waals surface area contributed by atoms with Crippen LogP contribution >= 0.6 is 0 Å². The lowest BCUT2D eigenvalue weighted by atomic mass is 10.2. The molecule has 11 heteroatoms. The number of benzene rings is 2. The van der Waals surface area contributed by atoms with Gasteiger partial charge in [0.05, 0.1) is 15.8 Å². The first kappa shape index (κ1) is 21.5. The van der Waals surface area contributed by atoms with Gasteiger partial charge in [0.25, 0.3) is 5.56 Å². The molecule has 0 unspecified atom stereocenters. The number of carbonyl (C=O) groups excluding carboxylic acids is 1. The van der Waals surface area contributed by atoms with E-state index in [1.807, 2.05) is 0 Å². The van der Waals surface area contributed by atoms with Crippen LogP contribution in [0.5, 0.6) is 0 Å². The first-order chi connectivity index (χ1) is 14.3. The van der Waals surface area contributed by atoms with Gasteiger partial charge in [-0.15, -0.1) is 5.10 Å². The van der Waals surface area contributed by atoms with E-state index in [2.05, 4.69) is 10.3 Å². The van der Waals surface area contributed by atoms with E-state index >= 15 is 0 Å². The molecule has 0 aliphatic rings. The SMILES string of the molecule is CCN(CC)S(=O)(=O)c1ccc(F)c(C(=O)OCn2nnc3ccccc3c2=O)c1. The number of fused-ring (bicyclic) bond motifs is 1. The maximum absolute atomic E-state index is 14.2. The lowest BCUT2D eigenvalue weighted by molar-refractivity contribution is 0.0330. The van der Waals surface area contributed by atoms with Crippen LogP contribution in [0.2, 0.25) is 0 Å². The number of nitrogens with zero attached hydrogens (tertiary/aromatic N) is 4. The highest BCUT2D eigenvalue weighted by molar-refractivity contribution is 7.89. The quantitative estimate of drug-likeness (QED) is 0.521. The van der Waals surface area contributed by atoms with Crippen LogP contribution in [0.1, 0.15) is 24.2 Å². The second kappa shape index (κ2) is 8.67. The van der Waals surface area contributed by atoms with Crippen molar-refractivity contribution >= 4 is 26.9 Å². The van der Waals surface area contributed by atoms with Gasteiger partial charge in [-0.2, -0.15) is 8.99 Å². The molecule has 9 nitrogen and oxygen atoms in total. The summed E-state index contributed by atoms with van der Waals surface area (Å²) in [6.45, 7) is 3.17. The molecule has 2 aromatic carbocycles. The van der Waals surface area contributed by atoms with Gasteiger partial charge in [-0.3, -0.25) is 4.79 Å². The van der Waals surface area contributed by atoms with Gasteiger partial charge in [-0.25, -0.2) is 17.6 Å². The Labute approximate surface area is 171 Å². The highest BCUT2D eigenvalue weighted by Gasteiger charge is 2.25.